The lowest BCUT2D eigenvalue weighted by Gasteiger charge is -2.23. The molecule has 0 atom stereocenters. The van der Waals surface area contributed by atoms with Gasteiger partial charge in [0.2, 0.25) is 0 Å². The Morgan fingerprint density at radius 2 is 1.24 bits per heavy atom. The summed E-state index contributed by atoms with van der Waals surface area (Å²) in [6.07, 6.45) is 0. The summed E-state index contributed by atoms with van der Waals surface area (Å²) in [5.74, 6) is -2.21. The second kappa shape index (κ2) is 18.3. The smallest absolute Gasteiger partial charge is 0.354 e. The zero-order valence-electron chi connectivity index (χ0n) is 22.8. The fourth-order valence-corrected chi connectivity index (χ4v) is 4.09. The molecule has 0 aromatic carbocycles. The predicted octanol–water partition coefficient (Wildman–Crippen LogP) is 1.99. The monoisotopic (exact) mass is 589 g/mol. The van der Waals surface area contributed by atoms with Crippen LogP contribution < -0.4 is 0 Å². The van der Waals surface area contributed by atoms with Crippen LogP contribution in [0.5, 0.6) is 0 Å². The second-order valence-corrected chi connectivity index (χ2v) is 9.21. The Labute approximate surface area is 243 Å². The van der Waals surface area contributed by atoms with Crippen molar-refractivity contribution >= 4 is 35.0 Å². The van der Waals surface area contributed by atoms with Gasteiger partial charge in [0, 0.05) is 39.3 Å². The molecule has 2 aromatic heterocycles. The Hall–Kier alpha value is -3.20. The van der Waals surface area contributed by atoms with Crippen molar-refractivity contribution < 1.29 is 38.7 Å². The number of hydrogen-bond acceptors (Lipinski definition) is 12. The van der Waals surface area contributed by atoms with Crippen molar-refractivity contribution in [2.24, 2.45) is 4.99 Å². The number of nitrogens with zero attached hydrogens (tertiary/aromatic N) is 5. The Morgan fingerprint density at radius 3 is 1.73 bits per heavy atom. The first-order chi connectivity index (χ1) is 19.9. The molecular weight excluding hydrogens is 554 g/mol. The number of rotatable bonds is 7. The second-order valence-electron chi connectivity index (χ2n) is 9.03. The van der Waals surface area contributed by atoms with Crippen LogP contribution in [0.3, 0.4) is 0 Å². The maximum atomic E-state index is 11.5. The van der Waals surface area contributed by atoms with Gasteiger partial charge in [0.05, 0.1) is 75.1 Å². The summed E-state index contributed by atoms with van der Waals surface area (Å²) in [4.78, 5) is 39.3. The van der Waals surface area contributed by atoms with Crippen molar-refractivity contribution in [1.29, 1.82) is 0 Å². The van der Waals surface area contributed by atoms with Crippen molar-refractivity contribution in [1.82, 2.24) is 19.8 Å². The number of carbonyl (C=O) groups is 2. The normalized spacial score (nSPS) is 17.6. The Kier molecular flexibility index (Phi) is 14.4. The van der Waals surface area contributed by atoms with Crippen LogP contribution in [0.2, 0.25) is 0 Å². The third kappa shape index (κ3) is 12.5. The van der Waals surface area contributed by atoms with Crippen LogP contribution in [-0.2, 0) is 32.0 Å². The number of aliphatic imine (C=N–C) groups is 1. The fourth-order valence-electron chi connectivity index (χ4n) is 3.98. The van der Waals surface area contributed by atoms with Gasteiger partial charge in [-0.3, -0.25) is 9.80 Å². The van der Waals surface area contributed by atoms with E-state index in [1.54, 1.807) is 18.2 Å². The minimum atomic E-state index is -1.15. The molecule has 0 spiro atoms. The SMILES string of the molecule is O=C(O)c1cccc(CN2CCOCCOCCN(Cc3cc(N=C=S)cc(C(=O)O)n3)CCOCCOCC2)n1. The summed E-state index contributed by atoms with van der Waals surface area (Å²) in [5.41, 5.74) is 1.49. The Balaban J connectivity index is 1.53. The maximum Gasteiger partial charge on any atom is 0.354 e. The van der Waals surface area contributed by atoms with Crippen molar-refractivity contribution in [3.05, 3.63) is 53.1 Å². The molecule has 3 rings (SSSR count). The third-order valence-corrected chi connectivity index (χ3v) is 6.10. The lowest BCUT2D eigenvalue weighted by molar-refractivity contribution is 0.00597. The Bertz CT molecular complexity index is 1140. The number of hydrogen-bond donors (Lipinski definition) is 2. The van der Waals surface area contributed by atoms with Crippen LogP contribution in [0, 0.1) is 0 Å². The molecule has 2 N–H and O–H groups in total. The minimum absolute atomic E-state index is 0.0132. The van der Waals surface area contributed by atoms with E-state index in [-0.39, 0.29) is 11.4 Å². The van der Waals surface area contributed by atoms with E-state index in [4.69, 9.17) is 18.9 Å². The molecule has 2 aromatic rings. The first-order valence-corrected chi connectivity index (χ1v) is 13.6. The van der Waals surface area contributed by atoms with Crippen LogP contribution in [0.25, 0.3) is 0 Å². The Morgan fingerprint density at radius 1 is 0.756 bits per heavy atom. The van der Waals surface area contributed by atoms with Crippen molar-refractivity contribution in [2.45, 2.75) is 13.1 Å². The lowest BCUT2D eigenvalue weighted by atomic mass is 10.2. The molecule has 13 nitrogen and oxygen atoms in total. The molecule has 0 saturated carbocycles. The summed E-state index contributed by atoms with van der Waals surface area (Å²) in [6, 6.07) is 7.99. The van der Waals surface area contributed by atoms with Gasteiger partial charge in [0.25, 0.3) is 0 Å². The molecule has 1 aliphatic rings. The van der Waals surface area contributed by atoms with Gasteiger partial charge in [-0.05, 0) is 36.5 Å². The number of ether oxygens (including phenoxy) is 4. The molecule has 14 heteroatoms. The summed E-state index contributed by atoms with van der Waals surface area (Å²) >= 11 is 4.66. The van der Waals surface area contributed by atoms with Gasteiger partial charge in [0.15, 0.2) is 5.69 Å². The number of aromatic nitrogens is 2. The number of pyridine rings is 2. The summed E-state index contributed by atoms with van der Waals surface area (Å²) in [6.45, 7) is 6.69. The molecule has 0 bridgehead atoms. The maximum absolute atomic E-state index is 11.5. The number of thiocarbonyl (C=S) groups is 1. The zero-order valence-corrected chi connectivity index (χ0v) is 23.6. The fraction of sp³-hybridized carbons (Fsp3) is 0.519. The number of carboxylic acids is 2. The van der Waals surface area contributed by atoms with Crippen molar-refractivity contribution in [3.63, 3.8) is 0 Å². The molecule has 1 aliphatic heterocycles. The van der Waals surface area contributed by atoms with E-state index in [2.05, 4.69) is 42.1 Å². The largest absolute Gasteiger partial charge is 0.477 e. The van der Waals surface area contributed by atoms with E-state index in [0.717, 1.165) is 0 Å². The molecule has 0 aliphatic carbocycles. The number of carboxylic acid groups (broad SMARTS) is 2. The van der Waals surface area contributed by atoms with Crippen LogP contribution >= 0.6 is 12.2 Å². The molecule has 222 valence electrons. The van der Waals surface area contributed by atoms with Gasteiger partial charge in [-0.15, -0.1) is 0 Å². The standard InChI is InChI=1S/C27H35N5O8S/c33-26(34)24-3-1-2-21(29-24)18-31-4-8-37-12-14-39-10-6-32(7-11-40-15-13-38-9-5-31)19-23-16-22(28-20-41)17-25(30-23)27(35)36/h1-3,16-17H,4-15,18-19H2,(H,33,34)(H,35,36). The van der Waals surface area contributed by atoms with Gasteiger partial charge in [-0.1, -0.05) is 6.07 Å². The first kappa shape index (κ1) is 32.3. The molecule has 0 unspecified atom stereocenters. The van der Waals surface area contributed by atoms with Crippen LogP contribution in [0.15, 0.2) is 35.3 Å². The van der Waals surface area contributed by atoms with Crippen molar-refractivity contribution in [3.8, 4) is 0 Å². The lowest BCUT2D eigenvalue weighted by Crippen LogP contribution is -2.33. The first-order valence-electron chi connectivity index (χ1n) is 13.2. The van der Waals surface area contributed by atoms with E-state index in [0.29, 0.717) is 109 Å². The molecule has 0 amide bonds. The predicted molar refractivity (Wildman–Crippen MR) is 151 cm³/mol. The van der Waals surface area contributed by atoms with E-state index in [9.17, 15) is 19.8 Å². The molecule has 1 fully saturated rings. The topological polar surface area (TPSA) is 156 Å². The van der Waals surface area contributed by atoms with Crippen LogP contribution in [-0.4, -0.2) is 126 Å². The number of aromatic carboxylic acids is 2. The quantitative estimate of drug-likeness (QED) is 0.357. The summed E-state index contributed by atoms with van der Waals surface area (Å²) < 4.78 is 23.0. The molecule has 41 heavy (non-hydrogen) atoms. The highest BCUT2D eigenvalue weighted by Gasteiger charge is 2.14. The van der Waals surface area contributed by atoms with E-state index >= 15 is 0 Å². The molecule has 3 heterocycles. The van der Waals surface area contributed by atoms with Crippen LogP contribution in [0.1, 0.15) is 32.4 Å². The third-order valence-electron chi connectivity index (χ3n) is 6.01. The highest BCUT2D eigenvalue weighted by atomic mass is 32.1. The van der Waals surface area contributed by atoms with E-state index in [1.807, 2.05) is 0 Å². The summed E-state index contributed by atoms with van der Waals surface area (Å²) in [7, 11) is 0. The highest BCUT2D eigenvalue weighted by molar-refractivity contribution is 7.78. The number of isothiocyanates is 1. The van der Waals surface area contributed by atoms with Gasteiger partial charge in [0.1, 0.15) is 5.69 Å². The van der Waals surface area contributed by atoms with Gasteiger partial charge >= 0.3 is 11.9 Å². The minimum Gasteiger partial charge on any atom is -0.477 e. The van der Waals surface area contributed by atoms with Gasteiger partial charge < -0.3 is 29.2 Å². The van der Waals surface area contributed by atoms with E-state index in [1.165, 1.54) is 12.1 Å². The highest BCUT2D eigenvalue weighted by Crippen LogP contribution is 2.16. The van der Waals surface area contributed by atoms with Crippen LogP contribution in [0.4, 0.5) is 5.69 Å². The molecule has 1 saturated heterocycles. The zero-order chi connectivity index (χ0) is 29.3. The van der Waals surface area contributed by atoms with Gasteiger partial charge in [-0.25, -0.2) is 19.6 Å². The van der Waals surface area contributed by atoms with Crippen molar-refractivity contribution in [2.75, 3.05) is 79.0 Å². The molecular formula is C27H35N5O8S. The van der Waals surface area contributed by atoms with Gasteiger partial charge in [-0.2, -0.15) is 4.99 Å². The summed E-state index contributed by atoms with van der Waals surface area (Å²) in [5, 5.41) is 20.9. The average molecular weight is 590 g/mol. The average Bonchev–Trinajstić information content (AvgIpc) is 2.95. The molecule has 0 radical (unpaired) electrons. The van der Waals surface area contributed by atoms with E-state index < -0.39 is 11.9 Å².